The highest BCUT2D eigenvalue weighted by Gasteiger charge is 2.11. The van der Waals surface area contributed by atoms with E-state index in [4.69, 9.17) is 9.47 Å². The van der Waals surface area contributed by atoms with Gasteiger partial charge in [-0.3, -0.25) is 4.90 Å². The first-order valence-electron chi connectivity index (χ1n) is 8.48. The number of nitrogens with zero attached hydrogens (tertiary/aromatic N) is 1. The normalized spacial score (nSPS) is 13.2. The quantitative estimate of drug-likeness (QED) is 0.753. The maximum Gasteiger partial charge on any atom is 0.122 e. The Labute approximate surface area is 156 Å². The van der Waals surface area contributed by atoms with Crippen LogP contribution in [0.4, 0.5) is 0 Å². The van der Waals surface area contributed by atoms with Crippen molar-refractivity contribution in [3.8, 4) is 11.5 Å². The highest BCUT2D eigenvalue weighted by Crippen LogP contribution is 2.26. The Morgan fingerprint density at radius 1 is 1.20 bits per heavy atom. The second-order valence-electron chi connectivity index (χ2n) is 6.27. The SMILES string of the molecule is COc1cccc(/C=C/CN(C)Cc2ccc3c(c2)OCCC3)c1.Cl. The minimum Gasteiger partial charge on any atom is -0.497 e. The molecule has 0 unspecified atom stereocenters. The molecule has 0 N–H and O–H groups in total. The lowest BCUT2D eigenvalue weighted by Crippen LogP contribution is -2.18. The van der Waals surface area contributed by atoms with Gasteiger partial charge in [0.15, 0.2) is 0 Å². The van der Waals surface area contributed by atoms with Crippen LogP contribution in [0.25, 0.3) is 6.08 Å². The van der Waals surface area contributed by atoms with Crippen LogP contribution in [0.3, 0.4) is 0 Å². The van der Waals surface area contributed by atoms with E-state index in [1.807, 2.05) is 18.2 Å². The molecule has 2 aromatic carbocycles. The molecule has 4 heteroatoms. The van der Waals surface area contributed by atoms with Gasteiger partial charge >= 0.3 is 0 Å². The van der Waals surface area contributed by atoms with E-state index in [0.29, 0.717) is 0 Å². The number of aryl methyl sites for hydroxylation is 1. The van der Waals surface area contributed by atoms with Gasteiger partial charge in [0, 0.05) is 13.1 Å². The Balaban J connectivity index is 0.00000225. The van der Waals surface area contributed by atoms with E-state index in [-0.39, 0.29) is 12.4 Å². The molecule has 3 rings (SSSR count). The Morgan fingerprint density at radius 2 is 2.08 bits per heavy atom. The van der Waals surface area contributed by atoms with E-state index in [9.17, 15) is 0 Å². The van der Waals surface area contributed by atoms with E-state index in [1.165, 1.54) is 11.1 Å². The topological polar surface area (TPSA) is 21.7 Å². The van der Waals surface area contributed by atoms with Gasteiger partial charge in [-0.2, -0.15) is 0 Å². The van der Waals surface area contributed by atoms with Crippen molar-refractivity contribution in [1.29, 1.82) is 0 Å². The Hall–Kier alpha value is -1.97. The third-order valence-corrected chi connectivity index (χ3v) is 4.25. The predicted molar refractivity (Wildman–Crippen MR) is 106 cm³/mol. The highest BCUT2D eigenvalue weighted by molar-refractivity contribution is 5.85. The molecule has 134 valence electrons. The number of hydrogen-bond acceptors (Lipinski definition) is 3. The molecule has 0 radical (unpaired) electrons. The van der Waals surface area contributed by atoms with Crippen molar-refractivity contribution >= 4 is 18.5 Å². The lowest BCUT2D eigenvalue weighted by Gasteiger charge is -2.20. The molecule has 1 aliphatic heterocycles. The van der Waals surface area contributed by atoms with Crippen LogP contribution in [0, 0.1) is 0 Å². The first kappa shape index (κ1) is 19.4. The average Bonchev–Trinajstić information content (AvgIpc) is 2.62. The Bertz CT molecular complexity index is 715. The van der Waals surface area contributed by atoms with Crippen LogP contribution in [0.1, 0.15) is 23.1 Å². The number of likely N-dealkylation sites (N-methyl/N-ethyl adjacent to an activating group) is 1. The fourth-order valence-electron chi connectivity index (χ4n) is 2.97. The third kappa shape index (κ3) is 5.52. The second-order valence-corrected chi connectivity index (χ2v) is 6.27. The van der Waals surface area contributed by atoms with Crippen molar-refractivity contribution in [3.05, 3.63) is 65.2 Å². The van der Waals surface area contributed by atoms with Gasteiger partial charge in [0.2, 0.25) is 0 Å². The molecule has 2 aromatic rings. The molecule has 1 heterocycles. The van der Waals surface area contributed by atoms with Gasteiger partial charge in [0.05, 0.1) is 13.7 Å². The van der Waals surface area contributed by atoms with Crippen LogP contribution >= 0.6 is 12.4 Å². The van der Waals surface area contributed by atoms with Crippen molar-refractivity contribution in [2.45, 2.75) is 19.4 Å². The molecule has 0 amide bonds. The summed E-state index contributed by atoms with van der Waals surface area (Å²) in [7, 11) is 3.83. The van der Waals surface area contributed by atoms with Gasteiger partial charge in [0.25, 0.3) is 0 Å². The molecular weight excluding hydrogens is 334 g/mol. The summed E-state index contributed by atoms with van der Waals surface area (Å²) in [6.45, 7) is 2.66. The molecule has 0 saturated heterocycles. The standard InChI is InChI=1S/C21H25NO2.ClH/c1-22(12-4-7-17-6-3-9-20(14-17)23-2)16-18-10-11-19-8-5-13-24-21(19)15-18;/h3-4,6-7,9-11,14-15H,5,8,12-13,16H2,1-2H3;1H/b7-4+;. The average molecular weight is 360 g/mol. The van der Waals surface area contributed by atoms with Gasteiger partial charge in [0.1, 0.15) is 11.5 Å². The number of fused-ring (bicyclic) bond motifs is 1. The number of halogens is 1. The maximum atomic E-state index is 5.76. The third-order valence-electron chi connectivity index (χ3n) is 4.25. The number of hydrogen-bond donors (Lipinski definition) is 0. The number of ether oxygens (including phenoxy) is 2. The van der Waals surface area contributed by atoms with E-state index in [0.717, 1.165) is 49.6 Å². The molecule has 0 bridgehead atoms. The van der Waals surface area contributed by atoms with Gasteiger partial charge in [-0.15, -0.1) is 12.4 Å². The van der Waals surface area contributed by atoms with E-state index >= 15 is 0 Å². The van der Waals surface area contributed by atoms with Crippen LogP contribution in [0.15, 0.2) is 48.5 Å². The van der Waals surface area contributed by atoms with Crippen molar-refractivity contribution < 1.29 is 9.47 Å². The Morgan fingerprint density at radius 3 is 2.92 bits per heavy atom. The molecular formula is C21H26ClNO2. The van der Waals surface area contributed by atoms with Crippen LogP contribution in [-0.4, -0.2) is 32.2 Å². The Kier molecular flexibility index (Phi) is 7.35. The maximum absolute atomic E-state index is 5.76. The summed E-state index contributed by atoms with van der Waals surface area (Å²) in [4.78, 5) is 2.29. The fourth-order valence-corrected chi connectivity index (χ4v) is 2.97. The lowest BCUT2D eigenvalue weighted by molar-refractivity contribution is 0.287. The minimum atomic E-state index is 0. The first-order valence-corrected chi connectivity index (χ1v) is 8.48. The van der Waals surface area contributed by atoms with E-state index in [1.54, 1.807) is 7.11 Å². The van der Waals surface area contributed by atoms with Gasteiger partial charge in [-0.25, -0.2) is 0 Å². The smallest absolute Gasteiger partial charge is 0.122 e. The molecule has 0 aromatic heterocycles. The molecule has 3 nitrogen and oxygen atoms in total. The lowest BCUT2D eigenvalue weighted by atomic mass is 10.0. The summed E-state index contributed by atoms with van der Waals surface area (Å²) in [5.41, 5.74) is 3.79. The van der Waals surface area contributed by atoms with E-state index in [2.05, 4.69) is 48.4 Å². The van der Waals surface area contributed by atoms with Crippen molar-refractivity contribution in [3.63, 3.8) is 0 Å². The zero-order valence-corrected chi connectivity index (χ0v) is 15.7. The molecule has 0 aliphatic carbocycles. The van der Waals surface area contributed by atoms with E-state index < -0.39 is 0 Å². The monoisotopic (exact) mass is 359 g/mol. The molecule has 1 aliphatic rings. The predicted octanol–water partition coefficient (Wildman–Crippen LogP) is 4.59. The summed E-state index contributed by atoms with van der Waals surface area (Å²) >= 11 is 0. The summed E-state index contributed by atoms with van der Waals surface area (Å²) in [6.07, 6.45) is 6.58. The summed E-state index contributed by atoms with van der Waals surface area (Å²) < 4.78 is 11.0. The van der Waals surface area contributed by atoms with Crippen molar-refractivity contribution in [1.82, 2.24) is 4.90 Å². The summed E-state index contributed by atoms with van der Waals surface area (Å²) in [6, 6.07) is 14.7. The van der Waals surface area contributed by atoms with Crippen LogP contribution in [0.2, 0.25) is 0 Å². The zero-order valence-electron chi connectivity index (χ0n) is 14.9. The number of methoxy groups -OCH3 is 1. The first-order chi connectivity index (χ1) is 11.7. The van der Waals surface area contributed by atoms with Gasteiger partial charge < -0.3 is 9.47 Å². The second kappa shape index (κ2) is 9.50. The van der Waals surface area contributed by atoms with Crippen LogP contribution in [-0.2, 0) is 13.0 Å². The molecule has 0 atom stereocenters. The largest absolute Gasteiger partial charge is 0.497 e. The highest BCUT2D eigenvalue weighted by atomic mass is 35.5. The fraction of sp³-hybridized carbons (Fsp3) is 0.333. The molecule has 0 fully saturated rings. The van der Waals surface area contributed by atoms with Gasteiger partial charge in [-0.1, -0.05) is 36.4 Å². The van der Waals surface area contributed by atoms with Crippen molar-refractivity contribution in [2.75, 3.05) is 27.3 Å². The zero-order chi connectivity index (χ0) is 16.8. The minimum absolute atomic E-state index is 0. The molecule has 0 saturated carbocycles. The number of rotatable bonds is 6. The van der Waals surface area contributed by atoms with Crippen molar-refractivity contribution in [2.24, 2.45) is 0 Å². The van der Waals surface area contributed by atoms with Gasteiger partial charge in [-0.05, 0) is 54.8 Å². The summed E-state index contributed by atoms with van der Waals surface area (Å²) in [5, 5.41) is 0. The van der Waals surface area contributed by atoms with Crippen LogP contribution < -0.4 is 9.47 Å². The summed E-state index contributed by atoms with van der Waals surface area (Å²) in [5.74, 6) is 1.96. The number of benzene rings is 2. The molecule has 25 heavy (non-hydrogen) atoms. The van der Waals surface area contributed by atoms with Crippen LogP contribution in [0.5, 0.6) is 11.5 Å². The molecule has 0 spiro atoms.